The maximum Gasteiger partial charge on any atom is 0.258 e. The van der Waals surface area contributed by atoms with E-state index < -0.39 is 0 Å². The van der Waals surface area contributed by atoms with Crippen LogP contribution < -0.4 is 5.56 Å². The predicted octanol–water partition coefficient (Wildman–Crippen LogP) is 0.938. The smallest absolute Gasteiger partial charge is 0.258 e. The molecule has 0 saturated heterocycles. The van der Waals surface area contributed by atoms with E-state index in [1.807, 2.05) is 0 Å². The molecule has 0 aliphatic heterocycles. The fourth-order valence-corrected chi connectivity index (χ4v) is 1.19. The van der Waals surface area contributed by atoms with Crippen molar-refractivity contribution >= 4 is 0 Å². The highest BCUT2D eigenvalue weighted by Gasteiger charge is 1.98. The molecule has 0 aliphatic carbocycles. The highest BCUT2D eigenvalue weighted by atomic mass is 16.3. The van der Waals surface area contributed by atoms with Crippen LogP contribution in [0.5, 0.6) is 5.75 Å². The molecule has 0 bridgehead atoms. The Morgan fingerprint density at radius 3 is 2.57 bits per heavy atom. The van der Waals surface area contributed by atoms with E-state index >= 15 is 0 Å². The molecule has 70 valence electrons. The lowest BCUT2D eigenvalue weighted by Crippen LogP contribution is -2.15. The summed E-state index contributed by atoms with van der Waals surface area (Å²) in [5, 5.41) is 9.06. The van der Waals surface area contributed by atoms with Crippen LogP contribution in [0.15, 0.2) is 47.7 Å². The molecule has 0 atom stereocenters. The molecule has 2 heterocycles. The van der Waals surface area contributed by atoms with E-state index in [0.29, 0.717) is 0 Å². The first kappa shape index (κ1) is 8.50. The third kappa shape index (κ3) is 1.50. The van der Waals surface area contributed by atoms with Gasteiger partial charge in [0.2, 0.25) is 0 Å². The summed E-state index contributed by atoms with van der Waals surface area (Å²) < 4.78 is 1.43. The first-order chi connectivity index (χ1) is 6.77. The van der Waals surface area contributed by atoms with Gasteiger partial charge in [-0.2, -0.15) is 0 Å². The minimum Gasteiger partial charge on any atom is -0.508 e. The van der Waals surface area contributed by atoms with E-state index in [0.717, 1.165) is 5.69 Å². The Bertz CT molecular complexity index is 491. The normalized spacial score (nSPS) is 10.0. The second-order valence-electron chi connectivity index (χ2n) is 2.80. The topological polar surface area (TPSA) is 55.1 Å². The fraction of sp³-hybridized carbons (Fsp3) is 0. The van der Waals surface area contributed by atoms with Crippen LogP contribution in [-0.4, -0.2) is 14.7 Å². The average molecular weight is 188 g/mol. The lowest BCUT2D eigenvalue weighted by molar-refractivity contribution is 0.473. The average Bonchev–Trinajstić information content (AvgIpc) is 2.19. The zero-order valence-electron chi connectivity index (χ0n) is 7.29. The summed E-state index contributed by atoms with van der Waals surface area (Å²) in [6.45, 7) is 0. The first-order valence-corrected chi connectivity index (χ1v) is 4.09. The van der Waals surface area contributed by atoms with Gasteiger partial charge in [-0.25, -0.2) is 0 Å². The van der Waals surface area contributed by atoms with Gasteiger partial charge in [-0.1, -0.05) is 0 Å². The number of pyridine rings is 2. The summed E-state index contributed by atoms with van der Waals surface area (Å²) >= 11 is 0. The number of aromatic nitrogens is 2. The number of hydrogen-bond donors (Lipinski definition) is 1. The van der Waals surface area contributed by atoms with Crippen LogP contribution >= 0.6 is 0 Å². The minimum atomic E-state index is -0.267. The Morgan fingerprint density at radius 2 is 1.93 bits per heavy atom. The van der Waals surface area contributed by atoms with Crippen LogP contribution in [0.1, 0.15) is 0 Å². The SMILES string of the molecule is O=c1cc(O)ccn1-c1ccncc1. The maximum absolute atomic E-state index is 11.4. The Kier molecular flexibility index (Phi) is 2.02. The van der Waals surface area contributed by atoms with Gasteiger partial charge in [0.25, 0.3) is 5.56 Å². The largest absolute Gasteiger partial charge is 0.508 e. The summed E-state index contributed by atoms with van der Waals surface area (Å²) in [6.07, 6.45) is 4.73. The van der Waals surface area contributed by atoms with E-state index in [4.69, 9.17) is 5.11 Å². The third-order valence-electron chi connectivity index (χ3n) is 1.84. The van der Waals surface area contributed by atoms with Crippen molar-refractivity contribution in [2.45, 2.75) is 0 Å². The molecule has 2 aromatic heterocycles. The van der Waals surface area contributed by atoms with Gasteiger partial charge in [-0.05, 0) is 18.2 Å². The molecule has 1 N–H and O–H groups in total. The highest BCUT2D eigenvalue weighted by Crippen LogP contribution is 2.06. The van der Waals surface area contributed by atoms with Crippen LogP contribution in [0.4, 0.5) is 0 Å². The molecular formula is C10H8N2O2. The number of hydrogen-bond acceptors (Lipinski definition) is 3. The fourth-order valence-electron chi connectivity index (χ4n) is 1.19. The van der Waals surface area contributed by atoms with E-state index in [9.17, 15) is 4.79 Å². The van der Waals surface area contributed by atoms with Crippen molar-refractivity contribution in [2.75, 3.05) is 0 Å². The molecule has 0 aromatic carbocycles. The molecule has 0 spiro atoms. The number of nitrogens with zero attached hydrogens (tertiary/aromatic N) is 2. The van der Waals surface area contributed by atoms with Crippen molar-refractivity contribution in [1.82, 2.24) is 9.55 Å². The van der Waals surface area contributed by atoms with Crippen LogP contribution in [0.2, 0.25) is 0 Å². The quantitative estimate of drug-likeness (QED) is 0.724. The number of aromatic hydroxyl groups is 1. The highest BCUT2D eigenvalue weighted by molar-refractivity contribution is 5.31. The molecule has 0 fully saturated rings. The molecule has 0 radical (unpaired) electrons. The van der Waals surface area contributed by atoms with Gasteiger partial charge in [0.05, 0.1) is 5.69 Å². The Labute approximate surface area is 80.1 Å². The third-order valence-corrected chi connectivity index (χ3v) is 1.84. The van der Waals surface area contributed by atoms with Crippen molar-refractivity contribution in [2.24, 2.45) is 0 Å². The molecule has 0 unspecified atom stereocenters. The van der Waals surface area contributed by atoms with Gasteiger partial charge in [-0.15, -0.1) is 0 Å². The van der Waals surface area contributed by atoms with Gasteiger partial charge in [0.1, 0.15) is 5.75 Å². The van der Waals surface area contributed by atoms with Crippen LogP contribution in [0, 0.1) is 0 Å². The number of rotatable bonds is 1. The first-order valence-electron chi connectivity index (χ1n) is 4.09. The van der Waals surface area contributed by atoms with Gasteiger partial charge in [-0.3, -0.25) is 14.3 Å². The summed E-state index contributed by atoms with van der Waals surface area (Å²) in [5.74, 6) is -0.0275. The lowest BCUT2D eigenvalue weighted by atomic mass is 10.3. The van der Waals surface area contributed by atoms with Crippen molar-refractivity contribution in [3.8, 4) is 11.4 Å². The Hall–Kier alpha value is -2.10. The Balaban J connectivity index is 2.59. The van der Waals surface area contributed by atoms with Gasteiger partial charge < -0.3 is 5.11 Å². The van der Waals surface area contributed by atoms with Crippen molar-refractivity contribution in [3.05, 3.63) is 53.2 Å². The van der Waals surface area contributed by atoms with E-state index in [2.05, 4.69) is 4.98 Å². The second-order valence-corrected chi connectivity index (χ2v) is 2.80. The Morgan fingerprint density at radius 1 is 1.21 bits per heavy atom. The molecule has 4 heteroatoms. The molecule has 2 rings (SSSR count). The van der Waals surface area contributed by atoms with Gasteiger partial charge in [0.15, 0.2) is 0 Å². The molecule has 4 nitrogen and oxygen atoms in total. The van der Waals surface area contributed by atoms with Gasteiger partial charge in [0, 0.05) is 24.7 Å². The molecule has 2 aromatic rings. The zero-order valence-corrected chi connectivity index (χ0v) is 7.29. The molecule has 0 saturated carbocycles. The van der Waals surface area contributed by atoms with E-state index in [-0.39, 0.29) is 11.3 Å². The maximum atomic E-state index is 11.4. The molecular weight excluding hydrogens is 180 g/mol. The molecule has 0 aliphatic rings. The summed E-state index contributed by atoms with van der Waals surface area (Å²) in [7, 11) is 0. The summed E-state index contributed by atoms with van der Waals surface area (Å²) in [5.41, 5.74) is 0.459. The standard InChI is InChI=1S/C10H8N2O2/c13-9-3-6-12(10(14)7-9)8-1-4-11-5-2-8/h1-7,13H. The van der Waals surface area contributed by atoms with Crippen LogP contribution in [-0.2, 0) is 0 Å². The van der Waals surface area contributed by atoms with Crippen LogP contribution in [0.25, 0.3) is 5.69 Å². The van der Waals surface area contributed by atoms with Gasteiger partial charge >= 0.3 is 0 Å². The lowest BCUT2D eigenvalue weighted by Gasteiger charge is -2.03. The van der Waals surface area contributed by atoms with Crippen molar-refractivity contribution in [3.63, 3.8) is 0 Å². The zero-order chi connectivity index (χ0) is 9.97. The molecule has 14 heavy (non-hydrogen) atoms. The summed E-state index contributed by atoms with van der Waals surface area (Å²) in [6, 6.07) is 6.07. The van der Waals surface area contributed by atoms with Crippen molar-refractivity contribution in [1.29, 1.82) is 0 Å². The minimum absolute atomic E-state index is 0.0275. The van der Waals surface area contributed by atoms with E-state index in [1.54, 1.807) is 24.5 Å². The molecule has 0 amide bonds. The van der Waals surface area contributed by atoms with Crippen LogP contribution in [0.3, 0.4) is 0 Å². The second kappa shape index (κ2) is 3.33. The monoisotopic (exact) mass is 188 g/mol. The predicted molar refractivity (Wildman–Crippen MR) is 51.5 cm³/mol. The summed E-state index contributed by atoms with van der Waals surface area (Å²) in [4.78, 5) is 15.3. The van der Waals surface area contributed by atoms with Crippen molar-refractivity contribution < 1.29 is 5.11 Å². The van der Waals surface area contributed by atoms with E-state index in [1.165, 1.54) is 22.9 Å².